The van der Waals surface area contributed by atoms with E-state index in [0.29, 0.717) is 11.5 Å². The summed E-state index contributed by atoms with van der Waals surface area (Å²) in [7, 11) is 1.60. The van der Waals surface area contributed by atoms with E-state index in [1.807, 2.05) is 11.8 Å². The molecule has 0 radical (unpaired) electrons. The van der Waals surface area contributed by atoms with Crippen molar-refractivity contribution < 1.29 is 9.53 Å². The standard InChI is InChI=1S/C14H21N3O2S/c1-3-8-17(9-13(15)20)10-14(18)16-11-4-6-12(19-2)7-5-11/h4-7H,3,8-10H2,1-2H3,(H2,15,20)(H,16,18). The molecule has 0 spiro atoms. The Morgan fingerprint density at radius 1 is 1.35 bits per heavy atom. The van der Waals surface area contributed by atoms with Crippen molar-refractivity contribution in [3.8, 4) is 5.75 Å². The molecule has 1 aromatic rings. The summed E-state index contributed by atoms with van der Waals surface area (Å²) in [5.41, 5.74) is 6.27. The highest BCUT2D eigenvalue weighted by Crippen LogP contribution is 2.14. The van der Waals surface area contributed by atoms with Crippen molar-refractivity contribution in [3.63, 3.8) is 0 Å². The maximum atomic E-state index is 12.0. The molecule has 0 fully saturated rings. The summed E-state index contributed by atoms with van der Waals surface area (Å²) in [6.07, 6.45) is 0.943. The molecule has 3 N–H and O–H groups in total. The fourth-order valence-corrected chi connectivity index (χ4v) is 2.01. The third kappa shape index (κ3) is 5.99. The van der Waals surface area contributed by atoms with Gasteiger partial charge in [-0.2, -0.15) is 0 Å². The van der Waals surface area contributed by atoms with Crippen molar-refractivity contribution in [1.29, 1.82) is 0 Å². The molecular weight excluding hydrogens is 274 g/mol. The highest BCUT2D eigenvalue weighted by atomic mass is 32.1. The maximum Gasteiger partial charge on any atom is 0.238 e. The molecule has 0 heterocycles. The van der Waals surface area contributed by atoms with Gasteiger partial charge in [-0.25, -0.2) is 0 Å². The number of hydrogen-bond acceptors (Lipinski definition) is 4. The zero-order valence-corrected chi connectivity index (χ0v) is 12.7. The molecule has 1 aromatic carbocycles. The molecule has 0 unspecified atom stereocenters. The highest BCUT2D eigenvalue weighted by molar-refractivity contribution is 7.80. The Balaban J connectivity index is 2.53. The molecule has 0 saturated carbocycles. The monoisotopic (exact) mass is 295 g/mol. The minimum atomic E-state index is -0.0835. The summed E-state index contributed by atoms with van der Waals surface area (Å²) in [4.78, 5) is 14.3. The molecule has 20 heavy (non-hydrogen) atoms. The number of carbonyl (C=O) groups is 1. The first-order chi connectivity index (χ1) is 9.55. The van der Waals surface area contributed by atoms with Gasteiger partial charge in [-0.1, -0.05) is 19.1 Å². The number of methoxy groups -OCH3 is 1. The van der Waals surface area contributed by atoms with Crippen molar-refractivity contribution in [1.82, 2.24) is 4.90 Å². The molecule has 0 atom stereocenters. The lowest BCUT2D eigenvalue weighted by atomic mass is 10.3. The first-order valence-electron chi connectivity index (χ1n) is 6.49. The van der Waals surface area contributed by atoms with Gasteiger partial charge in [0, 0.05) is 12.2 Å². The zero-order chi connectivity index (χ0) is 15.0. The van der Waals surface area contributed by atoms with E-state index in [1.54, 1.807) is 31.4 Å². The Bertz CT molecular complexity index is 448. The second kappa shape index (κ2) is 8.50. The Kier molecular flexibility index (Phi) is 6.97. The molecule has 0 aromatic heterocycles. The number of rotatable bonds is 8. The van der Waals surface area contributed by atoms with E-state index in [9.17, 15) is 4.79 Å². The Morgan fingerprint density at radius 3 is 2.50 bits per heavy atom. The number of nitrogens with two attached hydrogens (primary N) is 1. The number of amides is 1. The van der Waals surface area contributed by atoms with Crippen molar-refractivity contribution in [3.05, 3.63) is 24.3 Å². The molecule has 1 amide bonds. The number of nitrogens with one attached hydrogen (secondary N) is 1. The van der Waals surface area contributed by atoms with Gasteiger partial charge in [-0.3, -0.25) is 9.69 Å². The van der Waals surface area contributed by atoms with Crippen molar-refractivity contribution in [2.75, 3.05) is 32.1 Å². The lowest BCUT2D eigenvalue weighted by Crippen LogP contribution is -2.39. The fraction of sp³-hybridized carbons (Fsp3) is 0.429. The number of ether oxygens (including phenoxy) is 1. The van der Waals surface area contributed by atoms with E-state index >= 15 is 0 Å². The number of benzene rings is 1. The molecule has 0 saturated heterocycles. The van der Waals surface area contributed by atoms with Crippen molar-refractivity contribution in [2.45, 2.75) is 13.3 Å². The van der Waals surface area contributed by atoms with Crippen molar-refractivity contribution >= 4 is 28.8 Å². The maximum absolute atomic E-state index is 12.0. The largest absolute Gasteiger partial charge is 0.497 e. The molecule has 110 valence electrons. The van der Waals surface area contributed by atoms with Crippen LogP contribution in [0.25, 0.3) is 0 Å². The van der Waals surface area contributed by atoms with Crippen LogP contribution in [0, 0.1) is 0 Å². The van der Waals surface area contributed by atoms with E-state index in [4.69, 9.17) is 22.7 Å². The quantitative estimate of drug-likeness (QED) is 0.714. The van der Waals surface area contributed by atoms with Crippen LogP contribution in [0.4, 0.5) is 5.69 Å². The van der Waals surface area contributed by atoms with Gasteiger partial charge in [0.2, 0.25) is 5.91 Å². The van der Waals surface area contributed by atoms with E-state index < -0.39 is 0 Å². The predicted octanol–water partition coefficient (Wildman–Crippen LogP) is 1.63. The summed E-state index contributed by atoms with van der Waals surface area (Å²) in [6, 6.07) is 7.20. The van der Waals surface area contributed by atoms with Crippen molar-refractivity contribution in [2.24, 2.45) is 5.73 Å². The molecule has 0 bridgehead atoms. The van der Waals surface area contributed by atoms with E-state index in [0.717, 1.165) is 24.4 Å². The minimum absolute atomic E-state index is 0.0835. The normalized spacial score (nSPS) is 10.3. The molecular formula is C14H21N3O2S. The van der Waals surface area contributed by atoms with Crippen LogP contribution in [0.15, 0.2) is 24.3 Å². The van der Waals surface area contributed by atoms with Gasteiger partial charge in [-0.15, -0.1) is 0 Å². The second-order valence-corrected chi connectivity index (χ2v) is 4.98. The summed E-state index contributed by atoms with van der Waals surface area (Å²) in [6.45, 7) is 3.57. The SMILES string of the molecule is CCCN(CC(=O)Nc1ccc(OC)cc1)CC(N)=S. The summed E-state index contributed by atoms with van der Waals surface area (Å²) in [5.74, 6) is 0.670. The van der Waals surface area contributed by atoms with Gasteiger partial charge in [-0.05, 0) is 37.2 Å². The van der Waals surface area contributed by atoms with Crippen LogP contribution in [0.5, 0.6) is 5.75 Å². The van der Waals surface area contributed by atoms with Crippen LogP contribution in [-0.4, -0.2) is 42.5 Å². The van der Waals surface area contributed by atoms with E-state index in [1.165, 1.54) is 0 Å². The number of nitrogens with zero attached hydrogens (tertiary/aromatic N) is 1. The van der Waals surface area contributed by atoms with Gasteiger partial charge in [0.05, 0.1) is 18.6 Å². The highest BCUT2D eigenvalue weighted by Gasteiger charge is 2.11. The lowest BCUT2D eigenvalue weighted by molar-refractivity contribution is -0.117. The number of anilines is 1. The summed E-state index contributed by atoms with van der Waals surface area (Å²) < 4.78 is 5.07. The van der Waals surface area contributed by atoms with E-state index in [2.05, 4.69) is 5.32 Å². The third-order valence-electron chi connectivity index (χ3n) is 2.66. The van der Waals surface area contributed by atoms with Crippen LogP contribution >= 0.6 is 12.2 Å². The summed E-state index contributed by atoms with van der Waals surface area (Å²) >= 11 is 4.89. The predicted molar refractivity (Wildman–Crippen MR) is 85.1 cm³/mol. The van der Waals surface area contributed by atoms with Gasteiger partial charge in [0.15, 0.2) is 0 Å². The van der Waals surface area contributed by atoms with Gasteiger partial charge < -0.3 is 15.8 Å². The molecule has 0 aliphatic rings. The van der Waals surface area contributed by atoms with Crippen LogP contribution < -0.4 is 15.8 Å². The Hall–Kier alpha value is -1.66. The number of thiocarbonyl (C=S) groups is 1. The molecule has 0 aliphatic heterocycles. The number of hydrogen-bond donors (Lipinski definition) is 2. The van der Waals surface area contributed by atoms with Crippen LogP contribution in [0.1, 0.15) is 13.3 Å². The van der Waals surface area contributed by atoms with Crippen LogP contribution in [0.3, 0.4) is 0 Å². The topological polar surface area (TPSA) is 67.6 Å². The smallest absolute Gasteiger partial charge is 0.238 e. The summed E-state index contributed by atoms with van der Waals surface area (Å²) in [5, 5.41) is 2.84. The van der Waals surface area contributed by atoms with E-state index in [-0.39, 0.29) is 12.5 Å². The van der Waals surface area contributed by atoms with Gasteiger partial charge in [0.1, 0.15) is 5.75 Å². The first-order valence-corrected chi connectivity index (χ1v) is 6.90. The molecule has 6 heteroatoms. The second-order valence-electron chi connectivity index (χ2n) is 4.45. The molecule has 1 rings (SSSR count). The van der Waals surface area contributed by atoms with Gasteiger partial charge in [0.25, 0.3) is 0 Å². The Morgan fingerprint density at radius 2 is 2.00 bits per heavy atom. The average molecular weight is 295 g/mol. The van der Waals surface area contributed by atoms with Crippen LogP contribution in [0.2, 0.25) is 0 Å². The molecule has 0 aliphatic carbocycles. The zero-order valence-electron chi connectivity index (χ0n) is 11.9. The Labute approximate surface area is 125 Å². The average Bonchev–Trinajstić information content (AvgIpc) is 2.39. The van der Waals surface area contributed by atoms with Crippen LogP contribution in [-0.2, 0) is 4.79 Å². The first kappa shape index (κ1) is 16.4. The molecule has 5 nitrogen and oxygen atoms in total. The lowest BCUT2D eigenvalue weighted by Gasteiger charge is -2.20. The third-order valence-corrected chi connectivity index (χ3v) is 2.79. The minimum Gasteiger partial charge on any atom is -0.497 e. The van der Waals surface area contributed by atoms with Gasteiger partial charge >= 0.3 is 0 Å². The fourth-order valence-electron chi connectivity index (χ4n) is 1.83. The number of carbonyl (C=O) groups excluding carboxylic acids is 1.